The lowest BCUT2D eigenvalue weighted by Crippen LogP contribution is -2.42. The zero-order valence-electron chi connectivity index (χ0n) is 23.7. The van der Waals surface area contributed by atoms with E-state index in [1.165, 1.54) is 32.1 Å². The number of hydrazine groups is 1. The Kier molecular flexibility index (Phi) is 11.1. The number of carboxylic acids is 1. The van der Waals surface area contributed by atoms with Crippen molar-refractivity contribution in [1.82, 2.24) is 15.3 Å². The molecule has 1 fully saturated rings. The molecule has 0 aliphatic heterocycles. The molecule has 1 aliphatic carbocycles. The molecule has 2 N–H and O–H groups in total. The van der Waals surface area contributed by atoms with Crippen molar-refractivity contribution in [3.63, 3.8) is 0 Å². The number of benzene rings is 2. The van der Waals surface area contributed by atoms with Crippen LogP contribution < -0.4 is 5.32 Å². The van der Waals surface area contributed by atoms with E-state index in [0.29, 0.717) is 12.1 Å². The molecule has 3 rings (SSSR count). The van der Waals surface area contributed by atoms with Crippen LogP contribution in [0.25, 0.3) is 11.1 Å². The Labute approximate surface area is 233 Å². The third kappa shape index (κ3) is 9.44. The molecule has 1 atom stereocenters. The summed E-state index contributed by atoms with van der Waals surface area (Å²) in [6, 6.07) is 12.2. The van der Waals surface area contributed by atoms with Crippen molar-refractivity contribution >= 4 is 21.7 Å². The highest BCUT2D eigenvalue weighted by Gasteiger charge is 2.25. The second-order valence-electron chi connectivity index (χ2n) is 11.0. The summed E-state index contributed by atoms with van der Waals surface area (Å²) in [5.74, 6) is -1.35. The van der Waals surface area contributed by atoms with Crippen molar-refractivity contribution in [2.45, 2.75) is 64.5 Å². The maximum absolute atomic E-state index is 13.4. The van der Waals surface area contributed by atoms with Crippen LogP contribution in [-0.4, -0.2) is 74.1 Å². The summed E-state index contributed by atoms with van der Waals surface area (Å²) in [6.45, 7) is 3.62. The number of nitrogens with one attached hydrogen (secondary N) is 1. The van der Waals surface area contributed by atoms with E-state index in [2.05, 4.69) is 15.3 Å². The van der Waals surface area contributed by atoms with Crippen molar-refractivity contribution < 1.29 is 23.1 Å². The minimum absolute atomic E-state index is 0.198. The van der Waals surface area contributed by atoms with Crippen LogP contribution in [-0.2, 0) is 21.2 Å². The van der Waals surface area contributed by atoms with E-state index in [4.69, 9.17) is 0 Å². The van der Waals surface area contributed by atoms with Gasteiger partial charge in [-0.05, 0) is 60.1 Å². The van der Waals surface area contributed by atoms with E-state index in [9.17, 15) is 23.1 Å². The summed E-state index contributed by atoms with van der Waals surface area (Å²) in [4.78, 5) is 25.2. The number of carbonyl (C=O) groups excluding carboxylic acids is 1. The summed E-state index contributed by atoms with van der Waals surface area (Å²) in [7, 11) is 0.728. The van der Waals surface area contributed by atoms with E-state index < -0.39 is 27.8 Å². The molecule has 39 heavy (non-hydrogen) atoms. The fourth-order valence-electron chi connectivity index (χ4n) is 5.25. The maximum atomic E-state index is 13.4. The second kappa shape index (κ2) is 14.1. The number of carboxylic acid groups (broad SMARTS) is 1. The molecule has 214 valence electrons. The first-order valence-corrected chi connectivity index (χ1v) is 15.8. The van der Waals surface area contributed by atoms with Crippen LogP contribution in [0.3, 0.4) is 0 Å². The van der Waals surface area contributed by atoms with Crippen LogP contribution in [0.4, 0.5) is 0 Å². The van der Waals surface area contributed by atoms with Gasteiger partial charge in [-0.2, -0.15) is 0 Å². The standard InChI is InChI=1S/C30H43N3O5S/c1-22-10-8-9-13-25(22)27-20-24(21-33(32(2)3)18-16-23-11-6-5-7-12-23)14-15-26(27)29(34)31-28(30(35)36)17-19-39(4,37)38/h8-10,13-15,20,23,28H,5-7,11-12,16-19,21H2,1-4H3,(H,31,34)(H,35,36)/t28-/m0/s1. The van der Waals surface area contributed by atoms with E-state index >= 15 is 0 Å². The number of sulfone groups is 1. The Bertz CT molecular complexity index is 1240. The normalized spacial score (nSPS) is 15.4. The SMILES string of the molecule is Cc1ccccc1-c1cc(CN(CCC2CCCCC2)N(C)C)ccc1C(=O)N[C@@H](CCS(C)(=O)=O)C(=O)O. The van der Waals surface area contributed by atoms with Crippen LogP contribution in [0.5, 0.6) is 0 Å². The second-order valence-corrected chi connectivity index (χ2v) is 13.3. The lowest BCUT2D eigenvalue weighted by atomic mass is 9.87. The van der Waals surface area contributed by atoms with Gasteiger partial charge in [0.05, 0.1) is 5.75 Å². The average molecular weight is 558 g/mol. The number of nitrogens with zero attached hydrogens (tertiary/aromatic N) is 2. The van der Waals surface area contributed by atoms with E-state index in [1.807, 2.05) is 57.4 Å². The van der Waals surface area contributed by atoms with Crippen molar-refractivity contribution in [2.75, 3.05) is 32.6 Å². The number of aryl methyl sites for hydroxylation is 1. The summed E-state index contributed by atoms with van der Waals surface area (Å²) in [5, 5.41) is 16.6. The molecule has 0 saturated heterocycles. The first-order valence-electron chi connectivity index (χ1n) is 13.8. The van der Waals surface area contributed by atoms with Gasteiger partial charge in [0.15, 0.2) is 0 Å². The van der Waals surface area contributed by atoms with Crippen LogP contribution in [0, 0.1) is 12.8 Å². The highest BCUT2D eigenvalue weighted by atomic mass is 32.2. The molecule has 2 aromatic rings. The topological polar surface area (TPSA) is 107 Å². The summed E-state index contributed by atoms with van der Waals surface area (Å²) >= 11 is 0. The van der Waals surface area contributed by atoms with Gasteiger partial charge in [0.25, 0.3) is 5.91 Å². The minimum atomic E-state index is -3.37. The van der Waals surface area contributed by atoms with Gasteiger partial charge >= 0.3 is 5.97 Å². The molecule has 1 saturated carbocycles. The van der Waals surface area contributed by atoms with Gasteiger partial charge in [0, 0.05) is 39.0 Å². The van der Waals surface area contributed by atoms with Gasteiger partial charge in [0.2, 0.25) is 0 Å². The predicted molar refractivity (Wildman–Crippen MR) is 155 cm³/mol. The third-order valence-corrected chi connectivity index (χ3v) is 8.57. The number of carbonyl (C=O) groups is 2. The first-order chi connectivity index (χ1) is 18.4. The van der Waals surface area contributed by atoms with Crippen LogP contribution >= 0.6 is 0 Å². The number of amides is 1. The fraction of sp³-hybridized carbons (Fsp3) is 0.533. The Balaban J connectivity index is 1.87. The minimum Gasteiger partial charge on any atom is -0.480 e. The summed E-state index contributed by atoms with van der Waals surface area (Å²) < 4.78 is 23.2. The molecule has 0 aromatic heterocycles. The van der Waals surface area contributed by atoms with Crippen molar-refractivity contribution in [3.8, 4) is 11.1 Å². The zero-order valence-corrected chi connectivity index (χ0v) is 24.5. The molecule has 0 bridgehead atoms. The Hall–Kier alpha value is -2.75. The zero-order chi connectivity index (χ0) is 28.6. The lowest BCUT2D eigenvalue weighted by Gasteiger charge is -2.31. The molecule has 1 aliphatic rings. The van der Waals surface area contributed by atoms with Gasteiger partial charge in [-0.3, -0.25) is 4.79 Å². The number of aliphatic carboxylic acids is 1. The Morgan fingerprint density at radius 1 is 1.05 bits per heavy atom. The van der Waals surface area contributed by atoms with Crippen molar-refractivity contribution in [3.05, 3.63) is 59.2 Å². The number of hydrogen-bond donors (Lipinski definition) is 2. The lowest BCUT2D eigenvalue weighted by molar-refractivity contribution is -0.139. The van der Waals surface area contributed by atoms with Crippen LogP contribution in [0.2, 0.25) is 0 Å². The summed E-state index contributed by atoms with van der Waals surface area (Å²) in [6.07, 6.45) is 8.63. The van der Waals surface area contributed by atoms with Crippen molar-refractivity contribution in [2.24, 2.45) is 5.92 Å². The average Bonchev–Trinajstić information content (AvgIpc) is 2.88. The highest BCUT2D eigenvalue weighted by molar-refractivity contribution is 7.90. The molecule has 0 unspecified atom stereocenters. The van der Waals surface area contributed by atoms with Gasteiger partial charge < -0.3 is 10.4 Å². The fourth-order valence-corrected chi connectivity index (χ4v) is 5.91. The Morgan fingerprint density at radius 2 is 1.74 bits per heavy atom. The quantitative estimate of drug-likeness (QED) is 0.349. The number of hydrogen-bond acceptors (Lipinski definition) is 6. The molecule has 1 amide bonds. The van der Waals surface area contributed by atoms with Gasteiger partial charge in [0.1, 0.15) is 15.9 Å². The number of rotatable bonds is 13. The molecular weight excluding hydrogens is 514 g/mol. The van der Waals surface area contributed by atoms with Crippen LogP contribution in [0.15, 0.2) is 42.5 Å². The highest BCUT2D eigenvalue weighted by Crippen LogP contribution is 2.30. The smallest absolute Gasteiger partial charge is 0.326 e. The molecule has 0 spiro atoms. The first kappa shape index (κ1) is 30.8. The maximum Gasteiger partial charge on any atom is 0.326 e. The molecule has 0 heterocycles. The van der Waals surface area contributed by atoms with E-state index in [-0.39, 0.29) is 12.2 Å². The van der Waals surface area contributed by atoms with Gasteiger partial charge in [-0.15, -0.1) is 0 Å². The molecular formula is C30H43N3O5S. The van der Waals surface area contributed by atoms with Gasteiger partial charge in [-0.1, -0.05) is 62.4 Å². The van der Waals surface area contributed by atoms with E-state index in [0.717, 1.165) is 47.4 Å². The van der Waals surface area contributed by atoms with Crippen LogP contribution in [0.1, 0.15) is 66.4 Å². The van der Waals surface area contributed by atoms with Crippen molar-refractivity contribution in [1.29, 1.82) is 0 Å². The van der Waals surface area contributed by atoms with Gasteiger partial charge in [-0.25, -0.2) is 23.2 Å². The monoisotopic (exact) mass is 557 g/mol. The molecule has 0 radical (unpaired) electrons. The largest absolute Gasteiger partial charge is 0.480 e. The molecule has 8 nitrogen and oxygen atoms in total. The third-order valence-electron chi connectivity index (χ3n) is 7.60. The molecule has 9 heteroatoms. The van der Waals surface area contributed by atoms with E-state index in [1.54, 1.807) is 6.07 Å². The Morgan fingerprint density at radius 3 is 2.36 bits per heavy atom. The molecule has 2 aromatic carbocycles. The summed E-state index contributed by atoms with van der Waals surface area (Å²) in [5.41, 5.74) is 4.02. The predicted octanol–water partition coefficient (Wildman–Crippen LogP) is 4.53.